The molecule has 2 aromatic carbocycles. The molecule has 2 heterocycles. The van der Waals surface area contributed by atoms with Crippen molar-refractivity contribution >= 4 is 5.91 Å². The van der Waals surface area contributed by atoms with E-state index in [4.69, 9.17) is 4.74 Å². The quantitative estimate of drug-likeness (QED) is 0.287. The van der Waals surface area contributed by atoms with Gasteiger partial charge in [0.25, 0.3) is 0 Å². The minimum atomic E-state index is -4.98. The predicted octanol–water partition coefficient (Wildman–Crippen LogP) is 7.59. The molecule has 0 aromatic heterocycles. The topological polar surface area (TPSA) is 41.6 Å². The molecule has 4 nitrogen and oxygen atoms in total. The molecular formula is C32H36F6N2O2. The van der Waals surface area contributed by atoms with Crippen LogP contribution < -0.4 is 5.32 Å². The first-order valence-electron chi connectivity index (χ1n) is 14.5. The van der Waals surface area contributed by atoms with E-state index < -0.39 is 40.8 Å². The zero-order valence-electron chi connectivity index (χ0n) is 23.5. The Morgan fingerprint density at radius 2 is 1.50 bits per heavy atom. The van der Waals surface area contributed by atoms with Crippen LogP contribution in [0.5, 0.6) is 0 Å². The summed E-state index contributed by atoms with van der Waals surface area (Å²) in [7, 11) is 0. The summed E-state index contributed by atoms with van der Waals surface area (Å²) < 4.78 is 86.9. The fourth-order valence-corrected chi connectivity index (χ4v) is 6.72. The lowest BCUT2D eigenvalue weighted by Crippen LogP contribution is -2.54. The summed E-state index contributed by atoms with van der Waals surface area (Å²) in [6, 6.07) is 11.1. The van der Waals surface area contributed by atoms with Crippen LogP contribution in [0.25, 0.3) is 0 Å². The van der Waals surface area contributed by atoms with Crippen molar-refractivity contribution in [2.75, 3.05) is 19.7 Å². The molecule has 0 bridgehead atoms. The second kappa shape index (κ2) is 11.7. The molecule has 3 aliphatic rings. The summed E-state index contributed by atoms with van der Waals surface area (Å²) in [5.74, 6) is -1.83. The Kier molecular flexibility index (Phi) is 8.51. The van der Waals surface area contributed by atoms with E-state index in [1.807, 2.05) is 30.3 Å². The van der Waals surface area contributed by atoms with E-state index in [0.29, 0.717) is 37.6 Å². The van der Waals surface area contributed by atoms with Gasteiger partial charge in [-0.15, -0.1) is 0 Å². The van der Waals surface area contributed by atoms with Crippen LogP contribution >= 0.6 is 0 Å². The Morgan fingerprint density at radius 1 is 0.905 bits per heavy atom. The zero-order valence-corrected chi connectivity index (χ0v) is 23.5. The molecule has 1 N–H and O–H groups in total. The fraction of sp³-hybridized carbons (Fsp3) is 0.531. The number of nitrogens with one attached hydrogen (secondary N) is 1. The second-order valence-electron chi connectivity index (χ2n) is 11.9. The number of carbonyl (C=O) groups is 1. The molecule has 1 aliphatic carbocycles. The minimum absolute atomic E-state index is 0.0762. The summed E-state index contributed by atoms with van der Waals surface area (Å²) in [5.41, 5.74) is -3.15. The van der Waals surface area contributed by atoms with Crippen LogP contribution in [0, 0.1) is 0 Å². The molecule has 1 atom stereocenters. The number of piperidine rings is 1. The Balaban J connectivity index is 1.33. The standard InChI is InChI=1S/C32H36F6N2O2/c1-22(23-19-25(31(33,34)35)21-26(20-23)32(36,37)38)28(41)39-30(24-7-3-2-4-8-24)12-9-27(10-13-30)40-16-14-29(15-17-40)11-5-6-18-42-29/h2-8,19-22,27H,9-18H2,1H3,(H,39,41)/t22-,27?,30?/m0/s1. The van der Waals surface area contributed by atoms with Crippen LogP contribution in [0.1, 0.15) is 80.0 Å². The number of alkyl halides is 6. The Bertz CT molecular complexity index is 1240. The lowest BCUT2D eigenvalue weighted by Gasteiger charge is -2.48. The van der Waals surface area contributed by atoms with E-state index in [0.717, 1.165) is 50.8 Å². The Hall–Kier alpha value is -2.85. The molecule has 2 fully saturated rings. The second-order valence-corrected chi connectivity index (χ2v) is 11.9. The Morgan fingerprint density at radius 3 is 2.02 bits per heavy atom. The maximum atomic E-state index is 13.6. The van der Waals surface area contributed by atoms with Gasteiger partial charge in [-0.3, -0.25) is 4.79 Å². The number of likely N-dealkylation sites (tertiary alicyclic amines) is 1. The van der Waals surface area contributed by atoms with Crippen LogP contribution in [-0.2, 0) is 27.4 Å². The number of nitrogens with zero attached hydrogens (tertiary/aromatic N) is 1. The molecule has 2 aromatic rings. The number of halogens is 6. The lowest BCUT2D eigenvalue weighted by molar-refractivity contribution is -0.143. The zero-order chi connectivity index (χ0) is 30.2. The van der Waals surface area contributed by atoms with E-state index in [1.165, 1.54) is 6.92 Å². The van der Waals surface area contributed by atoms with Gasteiger partial charge in [0.1, 0.15) is 0 Å². The highest BCUT2D eigenvalue weighted by molar-refractivity contribution is 5.84. The average Bonchev–Trinajstić information content (AvgIpc) is 2.97. The van der Waals surface area contributed by atoms with Crippen molar-refractivity contribution in [1.29, 1.82) is 0 Å². The molecule has 1 saturated carbocycles. The summed E-state index contributed by atoms with van der Waals surface area (Å²) in [6.45, 7) is 3.86. The van der Waals surface area contributed by atoms with Crippen molar-refractivity contribution in [3.05, 3.63) is 82.9 Å². The highest BCUT2D eigenvalue weighted by Gasteiger charge is 2.43. The van der Waals surface area contributed by atoms with E-state index in [1.54, 1.807) is 0 Å². The predicted molar refractivity (Wildman–Crippen MR) is 147 cm³/mol. The van der Waals surface area contributed by atoms with Gasteiger partial charge in [0, 0.05) is 19.1 Å². The van der Waals surface area contributed by atoms with Crippen molar-refractivity contribution < 1.29 is 35.9 Å². The molecule has 10 heteroatoms. The molecule has 1 spiro atoms. The first-order valence-corrected chi connectivity index (χ1v) is 14.5. The molecule has 1 saturated heterocycles. The third-order valence-electron chi connectivity index (χ3n) is 9.37. The van der Waals surface area contributed by atoms with Gasteiger partial charge in [0.05, 0.1) is 34.8 Å². The molecule has 1 amide bonds. The fourth-order valence-electron chi connectivity index (χ4n) is 6.72. The van der Waals surface area contributed by atoms with Crippen LogP contribution in [-0.4, -0.2) is 42.1 Å². The van der Waals surface area contributed by atoms with Gasteiger partial charge in [-0.25, -0.2) is 0 Å². The van der Waals surface area contributed by atoms with Crippen molar-refractivity contribution in [3.63, 3.8) is 0 Å². The first-order chi connectivity index (χ1) is 19.8. The van der Waals surface area contributed by atoms with Crippen LogP contribution in [0.3, 0.4) is 0 Å². The normalized spacial score (nSPS) is 25.7. The number of hydrogen-bond donors (Lipinski definition) is 1. The van der Waals surface area contributed by atoms with Gasteiger partial charge in [0.2, 0.25) is 5.91 Å². The van der Waals surface area contributed by atoms with E-state index in [2.05, 4.69) is 22.4 Å². The van der Waals surface area contributed by atoms with Gasteiger partial charge in [0.15, 0.2) is 0 Å². The molecule has 2 aliphatic heterocycles. The van der Waals surface area contributed by atoms with Crippen molar-refractivity contribution in [2.45, 2.75) is 87.3 Å². The largest absolute Gasteiger partial charge is 0.416 e. The van der Waals surface area contributed by atoms with Gasteiger partial charge >= 0.3 is 12.4 Å². The number of benzene rings is 2. The van der Waals surface area contributed by atoms with E-state index in [9.17, 15) is 31.1 Å². The van der Waals surface area contributed by atoms with Crippen molar-refractivity contribution in [3.8, 4) is 0 Å². The molecule has 5 rings (SSSR count). The number of hydrogen-bond acceptors (Lipinski definition) is 3. The molecule has 228 valence electrons. The summed E-state index contributed by atoms with van der Waals surface area (Å²) in [6.07, 6.45) is -0.0321. The molecule has 42 heavy (non-hydrogen) atoms. The van der Waals surface area contributed by atoms with Crippen molar-refractivity contribution in [2.24, 2.45) is 0 Å². The number of ether oxygens (including phenoxy) is 1. The smallest absolute Gasteiger partial charge is 0.371 e. The maximum absolute atomic E-state index is 13.6. The van der Waals surface area contributed by atoms with E-state index in [-0.39, 0.29) is 17.2 Å². The molecule has 0 unspecified atom stereocenters. The highest BCUT2D eigenvalue weighted by atomic mass is 19.4. The van der Waals surface area contributed by atoms with Crippen LogP contribution in [0.15, 0.2) is 60.7 Å². The summed E-state index contributed by atoms with van der Waals surface area (Å²) in [4.78, 5) is 16.1. The van der Waals surface area contributed by atoms with Crippen LogP contribution in [0.2, 0.25) is 0 Å². The van der Waals surface area contributed by atoms with Crippen LogP contribution in [0.4, 0.5) is 26.3 Å². The van der Waals surface area contributed by atoms with Gasteiger partial charge in [-0.05, 0) is 81.2 Å². The van der Waals surface area contributed by atoms with E-state index >= 15 is 0 Å². The minimum Gasteiger partial charge on any atom is -0.371 e. The Labute approximate surface area is 242 Å². The first kappa shape index (κ1) is 30.6. The van der Waals surface area contributed by atoms with Gasteiger partial charge in [-0.1, -0.05) is 42.5 Å². The summed E-state index contributed by atoms with van der Waals surface area (Å²) in [5, 5.41) is 3.09. The SMILES string of the molecule is C[C@H](C(=O)NC1(c2ccccc2)CCC(N2CCC3(CC=CCO3)CC2)CC1)c1cc(C(F)(F)F)cc(C(F)(F)F)c1. The average molecular weight is 595 g/mol. The summed E-state index contributed by atoms with van der Waals surface area (Å²) >= 11 is 0. The molecular weight excluding hydrogens is 558 g/mol. The maximum Gasteiger partial charge on any atom is 0.416 e. The van der Waals surface area contributed by atoms with Crippen molar-refractivity contribution in [1.82, 2.24) is 10.2 Å². The molecule has 0 radical (unpaired) electrons. The highest BCUT2D eigenvalue weighted by Crippen LogP contribution is 2.42. The number of amides is 1. The third-order valence-corrected chi connectivity index (χ3v) is 9.37. The van der Waals surface area contributed by atoms with Gasteiger partial charge in [-0.2, -0.15) is 26.3 Å². The number of carbonyl (C=O) groups excluding carboxylic acids is 1. The number of rotatable bonds is 5. The third kappa shape index (κ3) is 6.54. The lowest BCUT2D eigenvalue weighted by atomic mass is 9.73. The van der Waals surface area contributed by atoms with Gasteiger partial charge < -0.3 is 15.0 Å². The monoisotopic (exact) mass is 594 g/mol.